The van der Waals surface area contributed by atoms with Gasteiger partial charge in [-0.25, -0.2) is 8.42 Å². The number of nitrogens with one attached hydrogen (secondary N) is 2. The lowest BCUT2D eigenvalue weighted by Crippen LogP contribution is -2.19. The van der Waals surface area contributed by atoms with E-state index in [9.17, 15) is 13.2 Å². The lowest BCUT2D eigenvalue weighted by molar-refractivity contribution is 0.102. The van der Waals surface area contributed by atoms with Crippen LogP contribution in [0.25, 0.3) is 11.0 Å². The molecule has 2 N–H and O–H groups in total. The highest BCUT2D eigenvalue weighted by Gasteiger charge is 2.22. The Balaban J connectivity index is 1.72. The number of para-hydroxylation sites is 2. The molecular formula is C21H15IN4O3S. The molecule has 30 heavy (non-hydrogen) atoms. The fourth-order valence-corrected chi connectivity index (χ4v) is 4.63. The molecule has 1 heterocycles. The van der Waals surface area contributed by atoms with Crippen LogP contribution in [-0.2, 0) is 10.0 Å². The lowest BCUT2D eigenvalue weighted by atomic mass is 10.1. The number of rotatable bonds is 5. The summed E-state index contributed by atoms with van der Waals surface area (Å²) in [4.78, 5) is 21.1. The molecule has 0 bridgehead atoms. The van der Waals surface area contributed by atoms with Crippen molar-refractivity contribution in [2.24, 2.45) is 0 Å². The molecule has 0 fully saturated rings. The van der Waals surface area contributed by atoms with Gasteiger partial charge in [0.1, 0.15) is 10.4 Å². The van der Waals surface area contributed by atoms with Gasteiger partial charge in [-0.15, -0.1) is 0 Å². The third-order valence-corrected chi connectivity index (χ3v) is 6.32. The number of benzene rings is 3. The highest BCUT2D eigenvalue weighted by Crippen LogP contribution is 2.26. The fraction of sp³-hybridized carbons (Fsp3) is 0. The summed E-state index contributed by atoms with van der Waals surface area (Å²) in [6, 6.07) is 18.6. The molecule has 9 heteroatoms. The van der Waals surface area contributed by atoms with Crippen LogP contribution in [0.15, 0.2) is 84.0 Å². The Labute approximate surface area is 186 Å². The van der Waals surface area contributed by atoms with Crippen molar-refractivity contribution in [2.45, 2.75) is 4.90 Å². The van der Waals surface area contributed by atoms with E-state index in [2.05, 4.69) is 42.6 Å². The lowest BCUT2D eigenvalue weighted by Gasteiger charge is -2.14. The Morgan fingerprint density at radius 1 is 0.900 bits per heavy atom. The summed E-state index contributed by atoms with van der Waals surface area (Å²) in [5, 5.41) is 2.77. The maximum atomic E-state index is 13.1. The third-order valence-electron chi connectivity index (χ3n) is 4.25. The molecular weight excluding hydrogens is 515 g/mol. The second-order valence-electron chi connectivity index (χ2n) is 6.30. The maximum absolute atomic E-state index is 13.1. The molecule has 4 aromatic rings. The van der Waals surface area contributed by atoms with E-state index in [0.29, 0.717) is 11.2 Å². The number of aromatic nitrogens is 2. The second kappa shape index (κ2) is 8.36. The number of hydrogen-bond donors (Lipinski definition) is 2. The normalized spacial score (nSPS) is 11.2. The molecule has 0 aliphatic rings. The molecule has 0 aliphatic heterocycles. The summed E-state index contributed by atoms with van der Waals surface area (Å²) in [5.74, 6) is -0.423. The zero-order valence-corrected chi connectivity index (χ0v) is 18.4. The van der Waals surface area contributed by atoms with Crippen molar-refractivity contribution in [1.82, 2.24) is 9.97 Å². The van der Waals surface area contributed by atoms with E-state index in [1.165, 1.54) is 18.5 Å². The largest absolute Gasteiger partial charge is 0.322 e. The summed E-state index contributed by atoms with van der Waals surface area (Å²) >= 11 is 2.06. The zero-order chi connectivity index (χ0) is 21.1. The predicted octanol–water partition coefficient (Wildman–Crippen LogP) is 4.29. The van der Waals surface area contributed by atoms with Crippen LogP contribution >= 0.6 is 22.6 Å². The molecule has 4 rings (SSSR count). The zero-order valence-electron chi connectivity index (χ0n) is 15.4. The molecule has 1 aromatic heterocycles. The van der Waals surface area contributed by atoms with E-state index in [4.69, 9.17) is 0 Å². The van der Waals surface area contributed by atoms with Crippen LogP contribution in [-0.4, -0.2) is 24.3 Å². The van der Waals surface area contributed by atoms with Crippen molar-refractivity contribution in [1.29, 1.82) is 0 Å². The Morgan fingerprint density at radius 3 is 2.47 bits per heavy atom. The summed E-state index contributed by atoms with van der Waals surface area (Å²) in [7, 11) is -4.02. The van der Waals surface area contributed by atoms with Crippen LogP contribution in [0.2, 0.25) is 0 Å². The minimum Gasteiger partial charge on any atom is -0.322 e. The van der Waals surface area contributed by atoms with Crippen molar-refractivity contribution in [2.75, 3.05) is 10.0 Å². The van der Waals surface area contributed by atoms with Crippen LogP contribution in [0, 0.1) is 3.57 Å². The van der Waals surface area contributed by atoms with Gasteiger partial charge in [0.15, 0.2) is 0 Å². The van der Waals surface area contributed by atoms with Gasteiger partial charge >= 0.3 is 0 Å². The van der Waals surface area contributed by atoms with E-state index >= 15 is 0 Å². The van der Waals surface area contributed by atoms with Gasteiger partial charge in [-0.1, -0.05) is 24.3 Å². The Morgan fingerprint density at radius 2 is 1.67 bits per heavy atom. The van der Waals surface area contributed by atoms with Crippen molar-refractivity contribution >= 4 is 60.9 Å². The average molecular weight is 530 g/mol. The third kappa shape index (κ3) is 4.26. The van der Waals surface area contributed by atoms with Gasteiger partial charge in [0, 0.05) is 21.7 Å². The first-order valence-corrected chi connectivity index (χ1v) is 11.4. The van der Waals surface area contributed by atoms with Gasteiger partial charge in [-0.05, 0) is 65.1 Å². The van der Waals surface area contributed by atoms with Crippen molar-refractivity contribution in [3.8, 4) is 0 Å². The van der Waals surface area contributed by atoms with Gasteiger partial charge < -0.3 is 5.32 Å². The number of sulfonamides is 1. The van der Waals surface area contributed by atoms with E-state index in [-0.39, 0.29) is 21.7 Å². The van der Waals surface area contributed by atoms with Gasteiger partial charge in [0.05, 0.1) is 16.8 Å². The number of hydrogen-bond acceptors (Lipinski definition) is 5. The maximum Gasteiger partial charge on any atom is 0.264 e. The molecule has 0 aliphatic carbocycles. The quantitative estimate of drug-likeness (QED) is 0.375. The molecule has 7 nitrogen and oxygen atoms in total. The Kier molecular flexibility index (Phi) is 5.64. The minimum absolute atomic E-state index is 0.0126. The Hall–Kier alpha value is -3.05. The fourth-order valence-electron chi connectivity index (χ4n) is 2.90. The monoisotopic (exact) mass is 530 g/mol. The van der Waals surface area contributed by atoms with Crippen LogP contribution in [0.4, 0.5) is 11.4 Å². The van der Waals surface area contributed by atoms with Crippen LogP contribution in [0.5, 0.6) is 0 Å². The number of carbonyl (C=O) groups excluding carboxylic acids is 1. The van der Waals surface area contributed by atoms with Crippen LogP contribution < -0.4 is 10.0 Å². The second-order valence-corrected chi connectivity index (χ2v) is 9.19. The number of nitrogens with zero attached hydrogens (tertiary/aromatic N) is 2. The van der Waals surface area contributed by atoms with E-state index < -0.39 is 15.9 Å². The van der Waals surface area contributed by atoms with E-state index in [1.54, 1.807) is 54.6 Å². The summed E-state index contributed by atoms with van der Waals surface area (Å²) < 4.78 is 29.6. The topological polar surface area (TPSA) is 101 Å². The predicted molar refractivity (Wildman–Crippen MR) is 124 cm³/mol. The van der Waals surface area contributed by atoms with Crippen molar-refractivity contribution in [3.05, 3.63) is 88.3 Å². The SMILES string of the molecule is O=C(Nc1ccccc1)c1ccc(I)cc1NS(=O)(=O)c1cccc2nccnc12. The van der Waals surface area contributed by atoms with Gasteiger partial charge in [0.25, 0.3) is 15.9 Å². The smallest absolute Gasteiger partial charge is 0.264 e. The van der Waals surface area contributed by atoms with E-state index in [1.807, 2.05) is 6.07 Å². The number of fused-ring (bicyclic) bond motifs is 1. The first-order chi connectivity index (χ1) is 14.4. The van der Waals surface area contributed by atoms with E-state index in [0.717, 1.165) is 3.57 Å². The number of halogens is 1. The highest BCUT2D eigenvalue weighted by atomic mass is 127. The molecule has 3 aromatic carbocycles. The average Bonchev–Trinajstić information content (AvgIpc) is 2.73. The number of amides is 1. The summed E-state index contributed by atoms with van der Waals surface area (Å²) in [6.45, 7) is 0. The Bertz CT molecular complexity index is 1340. The standard InChI is InChI=1S/C21H15IN4O3S/c22-14-9-10-16(21(27)25-15-5-2-1-3-6-15)18(13-14)26-30(28,29)19-8-4-7-17-20(19)24-12-11-23-17/h1-13,26H,(H,25,27). The molecule has 0 atom stereocenters. The molecule has 0 spiro atoms. The van der Waals surface area contributed by atoms with Crippen molar-refractivity contribution < 1.29 is 13.2 Å². The summed E-state index contributed by atoms with van der Waals surface area (Å²) in [5.41, 5.74) is 1.71. The highest BCUT2D eigenvalue weighted by molar-refractivity contribution is 14.1. The minimum atomic E-state index is -4.02. The first-order valence-electron chi connectivity index (χ1n) is 8.82. The summed E-state index contributed by atoms with van der Waals surface area (Å²) in [6.07, 6.45) is 2.93. The molecule has 150 valence electrons. The van der Waals surface area contributed by atoms with Crippen LogP contribution in [0.3, 0.4) is 0 Å². The van der Waals surface area contributed by atoms with Gasteiger partial charge in [-0.2, -0.15) is 0 Å². The van der Waals surface area contributed by atoms with Crippen molar-refractivity contribution in [3.63, 3.8) is 0 Å². The molecule has 0 saturated heterocycles. The molecule has 0 radical (unpaired) electrons. The molecule has 0 unspecified atom stereocenters. The molecule has 1 amide bonds. The van der Waals surface area contributed by atoms with Crippen LogP contribution in [0.1, 0.15) is 10.4 Å². The number of carbonyl (C=O) groups is 1. The van der Waals surface area contributed by atoms with Gasteiger partial charge in [-0.3, -0.25) is 19.5 Å². The van der Waals surface area contributed by atoms with Gasteiger partial charge in [0.2, 0.25) is 0 Å². The first kappa shape index (κ1) is 20.2. The molecule has 0 saturated carbocycles. The number of anilines is 2.